The Morgan fingerprint density at radius 1 is 1.91 bits per heavy atom. The molecule has 58 valence electrons. The van der Waals surface area contributed by atoms with Crippen LogP contribution in [0.4, 0.5) is 5.95 Å². The fourth-order valence-corrected chi connectivity index (χ4v) is 0.578. The number of nitrogens with zero attached hydrogens (tertiary/aromatic N) is 3. The van der Waals surface area contributed by atoms with E-state index in [-0.39, 0.29) is 11.9 Å². The van der Waals surface area contributed by atoms with Crippen LogP contribution in [0, 0.1) is 0 Å². The molecule has 5 nitrogen and oxygen atoms in total. The van der Waals surface area contributed by atoms with Crippen LogP contribution in [-0.4, -0.2) is 20.7 Å². The number of carbonyl (C=O) groups is 1. The summed E-state index contributed by atoms with van der Waals surface area (Å²) in [7, 11) is 0. The molecule has 0 saturated heterocycles. The summed E-state index contributed by atoms with van der Waals surface area (Å²) in [5.41, 5.74) is 0. The Labute approximate surface area is 63.7 Å². The van der Waals surface area contributed by atoms with Crippen molar-refractivity contribution in [1.82, 2.24) is 14.8 Å². The van der Waals surface area contributed by atoms with Crippen LogP contribution in [0.1, 0.15) is 6.92 Å². The zero-order chi connectivity index (χ0) is 8.27. The van der Waals surface area contributed by atoms with E-state index in [1.165, 1.54) is 24.1 Å². The molecule has 0 fully saturated rings. The first kappa shape index (κ1) is 7.46. The van der Waals surface area contributed by atoms with Crippen molar-refractivity contribution in [3.05, 3.63) is 12.9 Å². The highest BCUT2D eigenvalue weighted by Gasteiger charge is 1.98. The Kier molecular flexibility index (Phi) is 2.00. The highest BCUT2D eigenvalue weighted by atomic mass is 16.1. The van der Waals surface area contributed by atoms with Crippen molar-refractivity contribution in [2.75, 3.05) is 5.32 Å². The van der Waals surface area contributed by atoms with Gasteiger partial charge in [0.15, 0.2) is 0 Å². The summed E-state index contributed by atoms with van der Waals surface area (Å²) in [5, 5.41) is 6.25. The molecule has 1 rings (SSSR count). The Morgan fingerprint density at radius 2 is 2.64 bits per heavy atom. The first-order valence-electron chi connectivity index (χ1n) is 3.03. The molecule has 0 aromatic carbocycles. The maximum absolute atomic E-state index is 10.5. The summed E-state index contributed by atoms with van der Waals surface area (Å²) in [6.07, 6.45) is 2.94. The minimum atomic E-state index is -0.188. The number of carbonyl (C=O) groups excluding carboxylic acids is 1. The van der Waals surface area contributed by atoms with E-state index in [1.807, 2.05) is 0 Å². The largest absolute Gasteiger partial charge is 0.293 e. The second-order valence-electron chi connectivity index (χ2n) is 1.91. The monoisotopic (exact) mass is 152 g/mol. The third kappa shape index (κ3) is 1.89. The Hall–Kier alpha value is -1.65. The Morgan fingerprint density at radius 3 is 3.09 bits per heavy atom. The molecule has 0 unspecified atom stereocenters. The summed E-state index contributed by atoms with van der Waals surface area (Å²) < 4.78 is 1.41. The van der Waals surface area contributed by atoms with Crippen LogP contribution in [-0.2, 0) is 4.79 Å². The summed E-state index contributed by atoms with van der Waals surface area (Å²) >= 11 is 0. The van der Waals surface area contributed by atoms with Gasteiger partial charge in [0.2, 0.25) is 11.9 Å². The summed E-state index contributed by atoms with van der Waals surface area (Å²) in [4.78, 5) is 14.3. The van der Waals surface area contributed by atoms with E-state index >= 15 is 0 Å². The number of hydrogen-bond acceptors (Lipinski definition) is 3. The van der Waals surface area contributed by atoms with Gasteiger partial charge in [0.1, 0.15) is 6.33 Å². The van der Waals surface area contributed by atoms with Crippen molar-refractivity contribution in [3.63, 3.8) is 0 Å². The quantitative estimate of drug-likeness (QED) is 0.664. The van der Waals surface area contributed by atoms with Crippen molar-refractivity contribution in [2.24, 2.45) is 0 Å². The van der Waals surface area contributed by atoms with Crippen LogP contribution >= 0.6 is 0 Å². The van der Waals surface area contributed by atoms with Gasteiger partial charge in [-0.3, -0.25) is 10.1 Å². The van der Waals surface area contributed by atoms with Gasteiger partial charge in [0.25, 0.3) is 0 Å². The van der Waals surface area contributed by atoms with Crippen LogP contribution < -0.4 is 5.32 Å². The normalized spacial score (nSPS) is 9.18. The van der Waals surface area contributed by atoms with Crippen molar-refractivity contribution in [1.29, 1.82) is 0 Å². The maximum atomic E-state index is 10.5. The summed E-state index contributed by atoms with van der Waals surface area (Å²) in [6, 6.07) is 0. The van der Waals surface area contributed by atoms with E-state index in [9.17, 15) is 4.79 Å². The van der Waals surface area contributed by atoms with Crippen molar-refractivity contribution >= 4 is 18.1 Å². The number of aromatic nitrogens is 3. The first-order valence-corrected chi connectivity index (χ1v) is 3.03. The molecule has 0 aliphatic carbocycles. The second kappa shape index (κ2) is 2.96. The molecule has 1 N–H and O–H groups in total. The minimum absolute atomic E-state index is 0.188. The van der Waals surface area contributed by atoms with Gasteiger partial charge in [0, 0.05) is 13.1 Å². The standard InChI is InChI=1S/C6H8N4O/c1-3-10-4-7-6(9-10)8-5(2)11/h3-4H,1H2,2H3,(H,8,9,11). The van der Waals surface area contributed by atoms with Crippen LogP contribution in [0.15, 0.2) is 12.9 Å². The molecule has 11 heavy (non-hydrogen) atoms. The molecule has 0 spiro atoms. The molecule has 0 aliphatic heterocycles. The number of hydrogen-bond donors (Lipinski definition) is 1. The fourth-order valence-electron chi connectivity index (χ4n) is 0.578. The van der Waals surface area contributed by atoms with Gasteiger partial charge in [-0.15, -0.1) is 5.10 Å². The van der Waals surface area contributed by atoms with Crippen LogP contribution in [0.5, 0.6) is 0 Å². The van der Waals surface area contributed by atoms with E-state index in [0.717, 1.165) is 0 Å². The Bertz CT molecular complexity index is 278. The topological polar surface area (TPSA) is 59.8 Å². The van der Waals surface area contributed by atoms with Crippen LogP contribution in [0.2, 0.25) is 0 Å². The fraction of sp³-hybridized carbons (Fsp3) is 0.167. The average Bonchev–Trinajstić information content (AvgIpc) is 2.34. The molecular weight excluding hydrogens is 144 g/mol. The van der Waals surface area contributed by atoms with Gasteiger partial charge in [-0.1, -0.05) is 6.58 Å². The lowest BCUT2D eigenvalue weighted by atomic mass is 10.7. The predicted octanol–water partition coefficient (Wildman–Crippen LogP) is 0.337. The highest BCUT2D eigenvalue weighted by molar-refractivity contribution is 5.86. The van der Waals surface area contributed by atoms with Gasteiger partial charge in [-0.2, -0.15) is 4.98 Å². The molecule has 0 radical (unpaired) electrons. The molecule has 5 heteroatoms. The minimum Gasteiger partial charge on any atom is -0.293 e. The molecule has 0 bridgehead atoms. The van der Waals surface area contributed by atoms with E-state index in [0.29, 0.717) is 0 Å². The third-order valence-corrected chi connectivity index (χ3v) is 0.983. The number of amides is 1. The van der Waals surface area contributed by atoms with E-state index in [2.05, 4.69) is 22.0 Å². The van der Waals surface area contributed by atoms with Crippen LogP contribution in [0.3, 0.4) is 0 Å². The molecule has 1 heterocycles. The lowest BCUT2D eigenvalue weighted by molar-refractivity contribution is -0.114. The number of nitrogens with one attached hydrogen (secondary N) is 1. The molecule has 0 aliphatic rings. The number of anilines is 1. The second-order valence-corrected chi connectivity index (χ2v) is 1.91. The van der Waals surface area contributed by atoms with Gasteiger partial charge < -0.3 is 0 Å². The lowest BCUT2D eigenvalue weighted by Gasteiger charge is -1.90. The lowest BCUT2D eigenvalue weighted by Crippen LogP contribution is -2.07. The average molecular weight is 152 g/mol. The summed E-state index contributed by atoms with van der Waals surface area (Å²) in [6.45, 7) is 4.87. The SMILES string of the molecule is C=Cn1cnc(NC(C)=O)n1. The Balaban J connectivity index is 2.72. The van der Waals surface area contributed by atoms with Crippen molar-refractivity contribution < 1.29 is 4.79 Å². The third-order valence-electron chi connectivity index (χ3n) is 0.983. The molecule has 1 aromatic rings. The zero-order valence-corrected chi connectivity index (χ0v) is 6.11. The molecule has 0 saturated carbocycles. The van der Waals surface area contributed by atoms with E-state index in [1.54, 1.807) is 0 Å². The molecule has 1 aromatic heterocycles. The van der Waals surface area contributed by atoms with Gasteiger partial charge in [-0.05, 0) is 0 Å². The first-order chi connectivity index (χ1) is 5.22. The predicted molar refractivity (Wildman–Crippen MR) is 40.7 cm³/mol. The summed E-state index contributed by atoms with van der Waals surface area (Å²) in [5.74, 6) is 0.101. The van der Waals surface area contributed by atoms with Gasteiger partial charge in [0.05, 0.1) is 0 Å². The zero-order valence-electron chi connectivity index (χ0n) is 6.11. The molecule has 1 amide bonds. The van der Waals surface area contributed by atoms with Crippen molar-refractivity contribution in [2.45, 2.75) is 6.92 Å². The van der Waals surface area contributed by atoms with Gasteiger partial charge >= 0.3 is 0 Å². The van der Waals surface area contributed by atoms with Crippen LogP contribution in [0.25, 0.3) is 6.20 Å². The molecule has 0 atom stereocenters. The smallest absolute Gasteiger partial charge is 0.249 e. The van der Waals surface area contributed by atoms with E-state index < -0.39 is 0 Å². The van der Waals surface area contributed by atoms with Gasteiger partial charge in [-0.25, -0.2) is 4.68 Å². The van der Waals surface area contributed by atoms with Crippen molar-refractivity contribution in [3.8, 4) is 0 Å². The highest BCUT2D eigenvalue weighted by Crippen LogP contribution is 1.94. The van der Waals surface area contributed by atoms with E-state index in [4.69, 9.17) is 0 Å². The number of rotatable bonds is 2. The maximum Gasteiger partial charge on any atom is 0.249 e. The molecular formula is C6H8N4O.